The van der Waals surface area contributed by atoms with Crippen molar-refractivity contribution in [3.8, 4) is 0 Å². The van der Waals surface area contributed by atoms with Gasteiger partial charge < -0.3 is 5.32 Å². The molecule has 3 aromatic carbocycles. The topological polar surface area (TPSA) is 66.5 Å². The Bertz CT molecular complexity index is 1240. The van der Waals surface area contributed by atoms with Crippen LogP contribution in [-0.4, -0.2) is 33.2 Å². The molecule has 0 aliphatic rings. The summed E-state index contributed by atoms with van der Waals surface area (Å²) in [6, 6.07) is 18.8. The minimum atomic E-state index is -3.95. The van der Waals surface area contributed by atoms with Crippen LogP contribution in [0.2, 0.25) is 10.0 Å². The minimum absolute atomic E-state index is 0.123. The molecule has 0 spiro atoms. The van der Waals surface area contributed by atoms with E-state index in [0.29, 0.717) is 38.3 Å². The second-order valence-corrected chi connectivity index (χ2v) is 12.1. The van der Waals surface area contributed by atoms with Crippen LogP contribution in [0.1, 0.15) is 11.1 Å². The average Bonchev–Trinajstić information content (AvgIpc) is 2.79. The fourth-order valence-electron chi connectivity index (χ4n) is 3.08. The smallest absolute Gasteiger partial charge is 0.264 e. The van der Waals surface area contributed by atoms with Gasteiger partial charge in [-0.3, -0.25) is 9.10 Å². The van der Waals surface area contributed by atoms with Crippen molar-refractivity contribution in [1.29, 1.82) is 0 Å². The molecule has 0 atom stereocenters. The lowest BCUT2D eigenvalue weighted by Gasteiger charge is -2.24. The molecule has 180 valence electrons. The van der Waals surface area contributed by atoms with Crippen LogP contribution in [-0.2, 0) is 20.6 Å². The SMILES string of the molecule is Cc1ccc(S(=O)(=O)N(CC(=O)NCCSCc2c(Cl)cccc2Cl)c2cccc(Br)c2)cc1. The van der Waals surface area contributed by atoms with Crippen LogP contribution in [0, 0.1) is 6.92 Å². The molecule has 3 aromatic rings. The highest BCUT2D eigenvalue weighted by Gasteiger charge is 2.27. The first kappa shape index (κ1) is 26.9. The molecule has 0 fully saturated rings. The van der Waals surface area contributed by atoms with Crippen LogP contribution in [0.5, 0.6) is 0 Å². The number of nitrogens with zero attached hydrogens (tertiary/aromatic N) is 1. The lowest BCUT2D eigenvalue weighted by Crippen LogP contribution is -2.41. The van der Waals surface area contributed by atoms with Crippen LogP contribution in [0.4, 0.5) is 5.69 Å². The number of benzene rings is 3. The highest BCUT2D eigenvalue weighted by atomic mass is 79.9. The Morgan fingerprint density at radius 2 is 1.68 bits per heavy atom. The number of hydrogen-bond donors (Lipinski definition) is 1. The Hall–Kier alpha value is -1.71. The van der Waals surface area contributed by atoms with Gasteiger partial charge in [-0.2, -0.15) is 11.8 Å². The highest BCUT2D eigenvalue weighted by molar-refractivity contribution is 9.10. The number of aryl methyl sites for hydroxylation is 1. The van der Waals surface area contributed by atoms with E-state index in [1.165, 1.54) is 0 Å². The van der Waals surface area contributed by atoms with Crippen LogP contribution in [0.15, 0.2) is 76.1 Å². The molecule has 0 unspecified atom stereocenters. The number of carbonyl (C=O) groups excluding carboxylic acids is 1. The second-order valence-electron chi connectivity index (χ2n) is 7.41. The quantitative estimate of drug-likeness (QED) is 0.277. The highest BCUT2D eigenvalue weighted by Crippen LogP contribution is 2.28. The van der Waals surface area contributed by atoms with Crippen molar-refractivity contribution in [1.82, 2.24) is 5.32 Å². The molecule has 0 radical (unpaired) electrons. The van der Waals surface area contributed by atoms with E-state index in [4.69, 9.17) is 23.2 Å². The molecule has 5 nitrogen and oxygen atoms in total. The maximum Gasteiger partial charge on any atom is 0.264 e. The van der Waals surface area contributed by atoms with Crippen molar-refractivity contribution in [2.45, 2.75) is 17.6 Å². The van der Waals surface area contributed by atoms with Crippen molar-refractivity contribution in [3.05, 3.63) is 92.4 Å². The number of halogens is 3. The van der Waals surface area contributed by atoms with Gasteiger partial charge >= 0.3 is 0 Å². The molecule has 0 aromatic heterocycles. The summed E-state index contributed by atoms with van der Waals surface area (Å²) in [6.07, 6.45) is 0. The van der Waals surface area contributed by atoms with E-state index in [-0.39, 0.29) is 11.4 Å². The summed E-state index contributed by atoms with van der Waals surface area (Å²) in [7, 11) is -3.95. The summed E-state index contributed by atoms with van der Waals surface area (Å²) in [5.41, 5.74) is 2.20. The number of sulfonamides is 1. The molecule has 0 bridgehead atoms. The number of thioether (sulfide) groups is 1. The molecule has 1 amide bonds. The fraction of sp³-hybridized carbons (Fsp3) is 0.208. The van der Waals surface area contributed by atoms with Crippen LogP contribution in [0.3, 0.4) is 0 Å². The molecule has 0 saturated heterocycles. The van der Waals surface area contributed by atoms with E-state index in [2.05, 4.69) is 21.2 Å². The summed E-state index contributed by atoms with van der Waals surface area (Å²) in [4.78, 5) is 12.8. The lowest BCUT2D eigenvalue weighted by molar-refractivity contribution is -0.119. The predicted molar refractivity (Wildman–Crippen MR) is 145 cm³/mol. The fourth-order valence-corrected chi connectivity index (χ4v) is 6.47. The van der Waals surface area contributed by atoms with Crippen molar-refractivity contribution in [2.24, 2.45) is 0 Å². The third kappa shape index (κ3) is 7.15. The monoisotopic (exact) mass is 600 g/mol. The van der Waals surface area contributed by atoms with Crippen LogP contribution in [0.25, 0.3) is 0 Å². The zero-order valence-electron chi connectivity index (χ0n) is 18.3. The number of amides is 1. The molecule has 0 aliphatic heterocycles. The molecule has 34 heavy (non-hydrogen) atoms. The van der Waals surface area contributed by atoms with Gasteiger partial charge in [0.05, 0.1) is 10.6 Å². The normalized spacial score (nSPS) is 11.3. The van der Waals surface area contributed by atoms with Gasteiger partial charge in [-0.1, -0.05) is 69.0 Å². The standard InChI is InChI=1S/C24H23BrCl2N2O3S2/c1-17-8-10-20(11-9-17)34(31,32)29(19-5-2-4-18(25)14-19)15-24(30)28-12-13-33-16-21-22(26)6-3-7-23(21)27/h2-11,14H,12-13,15-16H2,1H3,(H,28,30). The van der Waals surface area contributed by atoms with E-state index in [0.717, 1.165) is 15.4 Å². The number of anilines is 1. The van der Waals surface area contributed by atoms with Crippen molar-refractivity contribution < 1.29 is 13.2 Å². The van der Waals surface area contributed by atoms with Crippen molar-refractivity contribution in [2.75, 3.05) is 23.1 Å². The third-order valence-electron chi connectivity index (χ3n) is 4.87. The summed E-state index contributed by atoms with van der Waals surface area (Å²) >= 11 is 17.3. The van der Waals surface area contributed by atoms with Gasteiger partial charge in [-0.15, -0.1) is 0 Å². The van der Waals surface area contributed by atoms with Crippen molar-refractivity contribution in [3.63, 3.8) is 0 Å². The van der Waals surface area contributed by atoms with Gasteiger partial charge in [0.25, 0.3) is 10.0 Å². The van der Waals surface area contributed by atoms with E-state index in [1.807, 2.05) is 6.92 Å². The summed E-state index contributed by atoms with van der Waals surface area (Å²) in [6.45, 7) is 1.92. The first-order chi connectivity index (χ1) is 16.2. The zero-order chi connectivity index (χ0) is 24.7. The average molecular weight is 602 g/mol. The van der Waals surface area contributed by atoms with E-state index < -0.39 is 15.9 Å². The molecule has 0 heterocycles. The molecule has 1 N–H and O–H groups in total. The van der Waals surface area contributed by atoms with Crippen LogP contribution < -0.4 is 9.62 Å². The third-order valence-corrected chi connectivity index (χ3v) is 8.84. The molecule has 10 heteroatoms. The first-order valence-corrected chi connectivity index (χ1v) is 14.4. The van der Waals surface area contributed by atoms with E-state index in [1.54, 1.807) is 78.5 Å². The Morgan fingerprint density at radius 1 is 1.03 bits per heavy atom. The maximum atomic E-state index is 13.4. The summed E-state index contributed by atoms with van der Waals surface area (Å²) in [5, 5.41) is 4.02. The molecule has 3 rings (SSSR count). The molecule has 0 aliphatic carbocycles. The Morgan fingerprint density at radius 3 is 2.32 bits per heavy atom. The largest absolute Gasteiger partial charge is 0.354 e. The molecule has 0 saturated carbocycles. The predicted octanol–water partition coefficient (Wildman–Crippen LogP) is 6.31. The summed E-state index contributed by atoms with van der Waals surface area (Å²) < 4.78 is 28.6. The van der Waals surface area contributed by atoms with E-state index >= 15 is 0 Å². The Kier molecular flexibility index (Phi) is 9.74. The van der Waals surface area contributed by atoms with Gasteiger partial charge in [-0.25, -0.2) is 8.42 Å². The Labute approximate surface area is 223 Å². The summed E-state index contributed by atoms with van der Waals surface area (Å²) in [5.74, 6) is 0.835. The van der Waals surface area contributed by atoms with Crippen molar-refractivity contribution >= 4 is 72.5 Å². The lowest BCUT2D eigenvalue weighted by atomic mass is 10.2. The van der Waals surface area contributed by atoms with Gasteiger partial charge in [0.1, 0.15) is 6.54 Å². The number of nitrogens with one attached hydrogen (secondary N) is 1. The maximum absolute atomic E-state index is 13.4. The van der Waals surface area contributed by atoms with Gasteiger partial charge in [-0.05, 0) is 55.0 Å². The number of rotatable bonds is 10. The number of hydrogen-bond acceptors (Lipinski definition) is 4. The number of carbonyl (C=O) groups is 1. The minimum Gasteiger partial charge on any atom is -0.354 e. The van der Waals surface area contributed by atoms with E-state index in [9.17, 15) is 13.2 Å². The van der Waals surface area contributed by atoms with Crippen LogP contribution >= 0.6 is 50.9 Å². The van der Waals surface area contributed by atoms with Gasteiger partial charge in [0, 0.05) is 32.6 Å². The van der Waals surface area contributed by atoms with Gasteiger partial charge in [0.15, 0.2) is 0 Å². The molecular weight excluding hydrogens is 579 g/mol. The van der Waals surface area contributed by atoms with Gasteiger partial charge in [0.2, 0.25) is 5.91 Å². The Balaban J connectivity index is 1.65. The second kappa shape index (κ2) is 12.3. The first-order valence-electron chi connectivity index (χ1n) is 10.3. The zero-order valence-corrected chi connectivity index (χ0v) is 23.0. The molecular formula is C24H23BrCl2N2O3S2.